The third-order valence-corrected chi connectivity index (χ3v) is 6.76. The van der Waals surface area contributed by atoms with Gasteiger partial charge >= 0.3 is 0 Å². The summed E-state index contributed by atoms with van der Waals surface area (Å²) in [5.74, 6) is -0.155. The van der Waals surface area contributed by atoms with E-state index in [9.17, 15) is 4.39 Å². The van der Waals surface area contributed by atoms with Crippen LogP contribution in [0.3, 0.4) is 0 Å². The van der Waals surface area contributed by atoms with E-state index in [-0.39, 0.29) is 17.9 Å². The maximum absolute atomic E-state index is 14.2. The van der Waals surface area contributed by atoms with Crippen molar-refractivity contribution in [3.05, 3.63) is 82.8 Å². The Bertz CT molecular complexity index is 972. The summed E-state index contributed by atoms with van der Waals surface area (Å²) in [5, 5.41) is 9.48. The molecule has 4 rings (SSSR count). The van der Waals surface area contributed by atoms with Crippen molar-refractivity contribution in [2.75, 3.05) is 36.4 Å². The van der Waals surface area contributed by atoms with Gasteiger partial charge in [-0.05, 0) is 54.9 Å². The first-order valence-corrected chi connectivity index (χ1v) is 11.8. The minimum absolute atomic E-state index is 0.113. The van der Waals surface area contributed by atoms with Crippen LogP contribution in [0.4, 0.5) is 15.8 Å². The van der Waals surface area contributed by atoms with Gasteiger partial charge in [0.1, 0.15) is 5.82 Å². The van der Waals surface area contributed by atoms with E-state index in [0.717, 1.165) is 31.9 Å². The molecule has 0 unspecified atom stereocenters. The number of rotatable bonds is 6. The number of piperazine rings is 1. The summed E-state index contributed by atoms with van der Waals surface area (Å²) >= 11 is 7.34. The molecule has 0 bridgehead atoms. The number of benzene rings is 2. The van der Waals surface area contributed by atoms with Crippen LogP contribution in [0.15, 0.2) is 72.1 Å². The molecule has 1 fully saturated rings. The lowest BCUT2D eigenvalue weighted by Gasteiger charge is -2.42. The van der Waals surface area contributed by atoms with Crippen molar-refractivity contribution in [3.8, 4) is 0 Å². The molecule has 2 heterocycles. The Labute approximate surface area is 192 Å². The van der Waals surface area contributed by atoms with Gasteiger partial charge in [-0.3, -0.25) is 4.90 Å². The fraction of sp³-hybridized carbons (Fsp3) is 0.292. The third kappa shape index (κ3) is 5.42. The first kappa shape index (κ1) is 21.7. The van der Waals surface area contributed by atoms with Gasteiger partial charge in [-0.2, -0.15) is 0 Å². The molecule has 0 amide bonds. The predicted octanol–water partition coefficient (Wildman–Crippen LogP) is 5.13. The molecule has 4 nitrogen and oxygen atoms in total. The zero-order valence-electron chi connectivity index (χ0n) is 17.5. The number of nitrogens with zero attached hydrogens (tertiary/aromatic N) is 2. The van der Waals surface area contributed by atoms with E-state index in [1.807, 2.05) is 42.5 Å². The number of para-hydroxylation sites is 2. The summed E-state index contributed by atoms with van der Waals surface area (Å²) < 4.78 is 14.2. The van der Waals surface area contributed by atoms with Crippen LogP contribution in [-0.4, -0.2) is 42.2 Å². The van der Waals surface area contributed by atoms with Gasteiger partial charge in [0.15, 0.2) is 5.11 Å². The maximum atomic E-state index is 14.2. The smallest absolute Gasteiger partial charge is 0.171 e. The molecule has 2 N–H and O–H groups in total. The third-order valence-electron chi connectivity index (χ3n) is 5.60. The van der Waals surface area contributed by atoms with Crippen LogP contribution >= 0.6 is 23.6 Å². The Kier molecular flexibility index (Phi) is 7.17. The average Bonchev–Trinajstić information content (AvgIpc) is 3.30. The fourth-order valence-corrected chi connectivity index (χ4v) is 5.39. The van der Waals surface area contributed by atoms with Gasteiger partial charge in [0.25, 0.3) is 0 Å². The minimum Gasteiger partial charge on any atom is -0.367 e. The molecular formula is C24H27FN4S2. The molecule has 1 aromatic heterocycles. The van der Waals surface area contributed by atoms with E-state index < -0.39 is 0 Å². The van der Waals surface area contributed by atoms with Crippen LogP contribution in [0.1, 0.15) is 17.8 Å². The number of nitrogens with one attached hydrogen (secondary N) is 2. The number of thiocarbonyl (C=S) groups is 1. The van der Waals surface area contributed by atoms with Crippen LogP contribution in [0, 0.1) is 5.82 Å². The van der Waals surface area contributed by atoms with E-state index in [1.54, 1.807) is 17.4 Å². The van der Waals surface area contributed by atoms with Crippen LogP contribution in [0.25, 0.3) is 0 Å². The van der Waals surface area contributed by atoms with Gasteiger partial charge in [-0.1, -0.05) is 36.4 Å². The van der Waals surface area contributed by atoms with E-state index in [1.165, 1.54) is 10.9 Å². The van der Waals surface area contributed by atoms with E-state index in [4.69, 9.17) is 12.2 Å². The summed E-state index contributed by atoms with van der Waals surface area (Å²) in [6, 6.07) is 21.6. The number of hydrogen-bond acceptors (Lipinski definition) is 4. The highest BCUT2D eigenvalue weighted by Gasteiger charge is 2.31. The Morgan fingerprint density at radius 2 is 1.68 bits per heavy atom. The predicted molar refractivity (Wildman–Crippen MR) is 133 cm³/mol. The maximum Gasteiger partial charge on any atom is 0.171 e. The first-order chi connectivity index (χ1) is 15.1. The Hall–Kier alpha value is -2.48. The van der Waals surface area contributed by atoms with Crippen LogP contribution in [-0.2, 0) is 0 Å². The van der Waals surface area contributed by atoms with Gasteiger partial charge in [-0.25, -0.2) is 4.39 Å². The first-order valence-electron chi connectivity index (χ1n) is 10.5. The molecule has 3 aromatic rings. The minimum atomic E-state index is -0.155. The van der Waals surface area contributed by atoms with Crippen molar-refractivity contribution < 1.29 is 4.39 Å². The van der Waals surface area contributed by atoms with Gasteiger partial charge < -0.3 is 15.5 Å². The highest BCUT2D eigenvalue weighted by molar-refractivity contribution is 7.80. The zero-order valence-corrected chi connectivity index (χ0v) is 19.1. The van der Waals surface area contributed by atoms with Crippen molar-refractivity contribution in [1.29, 1.82) is 0 Å². The molecule has 0 saturated carbocycles. The number of anilines is 2. The molecule has 31 heavy (non-hydrogen) atoms. The number of hydrogen-bond donors (Lipinski definition) is 2. The molecular weight excluding hydrogens is 427 g/mol. The van der Waals surface area contributed by atoms with Gasteiger partial charge in [0.05, 0.1) is 11.7 Å². The molecule has 0 aliphatic carbocycles. The van der Waals surface area contributed by atoms with Crippen LogP contribution in [0.5, 0.6) is 0 Å². The molecule has 0 spiro atoms. The molecule has 0 radical (unpaired) electrons. The van der Waals surface area contributed by atoms with Crippen molar-refractivity contribution in [3.63, 3.8) is 0 Å². The van der Waals surface area contributed by atoms with Gasteiger partial charge in [0.2, 0.25) is 0 Å². The normalized spacial score (nSPS) is 16.5. The van der Waals surface area contributed by atoms with Crippen LogP contribution < -0.4 is 15.5 Å². The number of thiophene rings is 1. The quantitative estimate of drug-likeness (QED) is 0.505. The largest absolute Gasteiger partial charge is 0.367 e. The Balaban J connectivity index is 1.42. The summed E-state index contributed by atoms with van der Waals surface area (Å²) in [6.45, 7) is 5.49. The fourth-order valence-electron chi connectivity index (χ4n) is 4.13. The van der Waals surface area contributed by atoms with Crippen molar-refractivity contribution in [1.82, 2.24) is 10.2 Å². The highest BCUT2D eigenvalue weighted by atomic mass is 32.1. The number of halogens is 1. The Morgan fingerprint density at radius 1 is 0.968 bits per heavy atom. The molecule has 7 heteroatoms. The molecule has 162 valence electrons. The standard InChI is InChI=1S/C24H27FN4S2/c1-18(26-24(30)27-19-8-3-2-4-9-19)23(22-12-7-17-31-22)29-15-13-28(14-16-29)21-11-6-5-10-20(21)25/h2-12,17-18,23H,13-16H2,1H3,(H2,26,27,30)/t18-,23+/m1/s1. The van der Waals surface area contributed by atoms with Crippen molar-refractivity contribution >= 4 is 40.0 Å². The lowest BCUT2D eigenvalue weighted by molar-refractivity contribution is 0.163. The summed E-state index contributed by atoms with van der Waals surface area (Å²) in [5.41, 5.74) is 1.66. The average molecular weight is 455 g/mol. The molecule has 1 aliphatic heterocycles. The van der Waals surface area contributed by atoms with Crippen LogP contribution in [0.2, 0.25) is 0 Å². The van der Waals surface area contributed by atoms with Crippen molar-refractivity contribution in [2.24, 2.45) is 0 Å². The summed E-state index contributed by atoms with van der Waals surface area (Å²) in [6.07, 6.45) is 0. The Morgan fingerprint density at radius 3 is 2.35 bits per heavy atom. The molecule has 2 atom stereocenters. The van der Waals surface area contributed by atoms with E-state index >= 15 is 0 Å². The van der Waals surface area contributed by atoms with E-state index in [2.05, 4.69) is 44.9 Å². The topological polar surface area (TPSA) is 30.5 Å². The zero-order chi connectivity index (χ0) is 21.6. The lowest BCUT2D eigenvalue weighted by atomic mass is 10.0. The SMILES string of the molecule is C[C@@H](NC(=S)Nc1ccccc1)[C@@H](c1cccs1)N1CCN(c2ccccc2F)CC1. The molecule has 1 aliphatic rings. The summed E-state index contributed by atoms with van der Waals surface area (Å²) in [7, 11) is 0. The molecule has 2 aromatic carbocycles. The lowest BCUT2D eigenvalue weighted by Crippen LogP contribution is -2.52. The monoisotopic (exact) mass is 454 g/mol. The summed E-state index contributed by atoms with van der Waals surface area (Å²) in [4.78, 5) is 5.92. The highest BCUT2D eigenvalue weighted by Crippen LogP contribution is 2.30. The van der Waals surface area contributed by atoms with Gasteiger partial charge in [0, 0.05) is 42.8 Å². The van der Waals surface area contributed by atoms with Gasteiger partial charge in [-0.15, -0.1) is 11.3 Å². The second-order valence-electron chi connectivity index (χ2n) is 7.69. The van der Waals surface area contributed by atoms with Crippen molar-refractivity contribution in [2.45, 2.75) is 19.0 Å². The molecule has 1 saturated heterocycles. The second-order valence-corrected chi connectivity index (χ2v) is 9.08. The second kappa shape index (κ2) is 10.2. The van der Waals surface area contributed by atoms with E-state index in [0.29, 0.717) is 10.8 Å².